The van der Waals surface area contributed by atoms with Gasteiger partial charge in [0, 0.05) is 5.92 Å². The van der Waals surface area contributed by atoms with Crippen LogP contribution < -0.4 is 5.32 Å². The van der Waals surface area contributed by atoms with Crippen LogP contribution in [0.5, 0.6) is 0 Å². The molecule has 18 heavy (non-hydrogen) atoms. The van der Waals surface area contributed by atoms with E-state index in [1.807, 2.05) is 0 Å². The highest BCUT2D eigenvalue weighted by Gasteiger charge is 2.73. The van der Waals surface area contributed by atoms with Crippen molar-refractivity contribution in [2.75, 3.05) is 0 Å². The molecule has 2 aliphatic carbocycles. The number of epoxide rings is 1. The van der Waals surface area contributed by atoms with Crippen molar-refractivity contribution in [3.8, 4) is 0 Å². The van der Waals surface area contributed by atoms with Gasteiger partial charge in [-0.1, -0.05) is 19.1 Å². The highest BCUT2D eigenvalue weighted by atomic mass is 16.6. The molecule has 0 amide bonds. The molecule has 2 heteroatoms. The Labute approximate surface area is 111 Å². The van der Waals surface area contributed by atoms with Gasteiger partial charge in [0.25, 0.3) is 0 Å². The third-order valence-corrected chi connectivity index (χ3v) is 6.04. The SMILES string of the molecule is C=C1CCCC2(C)CCC(C3([NH2+][CH2-])OC3(C)C)C12. The molecule has 0 aromatic carbocycles. The van der Waals surface area contributed by atoms with E-state index in [9.17, 15) is 0 Å². The molecule has 3 rings (SSSR count). The number of hydrogen-bond donors (Lipinski definition) is 1. The first kappa shape index (κ1) is 12.7. The first-order valence-electron chi connectivity index (χ1n) is 7.38. The number of quaternary nitrogens is 1. The van der Waals surface area contributed by atoms with Gasteiger partial charge in [-0.15, -0.1) is 7.05 Å². The molecule has 2 nitrogen and oxygen atoms in total. The van der Waals surface area contributed by atoms with Crippen LogP contribution in [0.1, 0.15) is 52.9 Å². The number of hydrogen-bond acceptors (Lipinski definition) is 1. The number of rotatable bonds is 2. The van der Waals surface area contributed by atoms with Crippen molar-refractivity contribution in [3.05, 3.63) is 19.2 Å². The van der Waals surface area contributed by atoms with Crippen LogP contribution in [-0.4, -0.2) is 11.3 Å². The van der Waals surface area contributed by atoms with Crippen molar-refractivity contribution in [1.82, 2.24) is 0 Å². The lowest BCUT2D eigenvalue weighted by Gasteiger charge is -2.41. The summed E-state index contributed by atoms with van der Waals surface area (Å²) in [6.45, 7) is 11.3. The Morgan fingerprint density at radius 1 is 1.33 bits per heavy atom. The number of allylic oxidation sites excluding steroid dienone is 1. The second-order valence-electron chi connectivity index (χ2n) is 7.40. The fourth-order valence-corrected chi connectivity index (χ4v) is 5.05. The second-order valence-corrected chi connectivity index (χ2v) is 7.40. The van der Waals surface area contributed by atoms with Crippen molar-refractivity contribution in [2.24, 2.45) is 17.3 Å². The van der Waals surface area contributed by atoms with Crippen LogP contribution in [0, 0.1) is 24.3 Å². The molecule has 1 heterocycles. The highest BCUT2D eigenvalue weighted by molar-refractivity contribution is 5.21. The van der Waals surface area contributed by atoms with Crippen molar-refractivity contribution in [1.29, 1.82) is 0 Å². The molecule has 3 aliphatic rings. The summed E-state index contributed by atoms with van der Waals surface area (Å²) in [7, 11) is 4.07. The van der Waals surface area contributed by atoms with Gasteiger partial charge in [0.1, 0.15) is 5.60 Å². The maximum Gasteiger partial charge on any atom is 0.209 e. The van der Waals surface area contributed by atoms with Gasteiger partial charge < -0.3 is 10.1 Å². The topological polar surface area (TPSA) is 29.1 Å². The van der Waals surface area contributed by atoms with E-state index in [1.165, 1.54) is 37.7 Å². The predicted octanol–water partition coefficient (Wildman–Crippen LogP) is 2.62. The van der Waals surface area contributed by atoms with Crippen molar-refractivity contribution in [2.45, 2.75) is 64.2 Å². The van der Waals surface area contributed by atoms with Crippen LogP contribution in [0.25, 0.3) is 0 Å². The first-order chi connectivity index (χ1) is 8.36. The molecule has 1 saturated heterocycles. The molecular weight excluding hydrogens is 222 g/mol. The maximum atomic E-state index is 6.11. The normalized spacial score (nSPS) is 50.1. The van der Waals surface area contributed by atoms with E-state index < -0.39 is 0 Å². The first-order valence-corrected chi connectivity index (χ1v) is 7.38. The number of ether oxygens (including phenoxy) is 1. The van der Waals surface area contributed by atoms with Gasteiger partial charge in [0.05, 0.1) is 0 Å². The van der Waals surface area contributed by atoms with Crippen LogP contribution in [0.15, 0.2) is 12.2 Å². The fraction of sp³-hybridized carbons (Fsp3) is 0.812. The third-order valence-electron chi connectivity index (χ3n) is 6.04. The average Bonchev–Trinajstić information content (AvgIpc) is 2.67. The molecular formula is C16H27NO. The van der Waals surface area contributed by atoms with Crippen LogP contribution >= 0.6 is 0 Å². The summed E-state index contributed by atoms with van der Waals surface area (Å²) in [6, 6.07) is 0. The zero-order chi connectivity index (χ0) is 13.2. The smallest absolute Gasteiger partial charge is 0.209 e. The molecule has 2 N–H and O–H groups in total. The average molecular weight is 249 g/mol. The van der Waals surface area contributed by atoms with Crippen LogP contribution in [0.4, 0.5) is 0 Å². The van der Waals surface area contributed by atoms with Crippen molar-refractivity contribution < 1.29 is 10.1 Å². The monoisotopic (exact) mass is 249 g/mol. The summed E-state index contributed by atoms with van der Waals surface area (Å²) in [5.41, 5.74) is 1.83. The van der Waals surface area contributed by atoms with Crippen molar-refractivity contribution >= 4 is 0 Å². The third kappa shape index (κ3) is 1.42. The Hall–Kier alpha value is -0.340. The van der Waals surface area contributed by atoms with E-state index in [0.717, 1.165) is 0 Å². The molecule has 1 aliphatic heterocycles. The van der Waals surface area contributed by atoms with E-state index in [0.29, 0.717) is 17.3 Å². The lowest BCUT2D eigenvalue weighted by atomic mass is 9.64. The zero-order valence-corrected chi connectivity index (χ0v) is 12.1. The number of nitrogens with two attached hydrogens (primary N) is 1. The molecule has 0 radical (unpaired) electrons. The zero-order valence-electron chi connectivity index (χ0n) is 12.1. The van der Waals surface area contributed by atoms with Gasteiger partial charge in [-0.2, -0.15) is 0 Å². The lowest BCUT2D eigenvalue weighted by Crippen LogP contribution is -2.90. The van der Waals surface area contributed by atoms with Gasteiger partial charge in [-0.05, 0) is 57.3 Å². The van der Waals surface area contributed by atoms with Crippen LogP contribution in [0.3, 0.4) is 0 Å². The van der Waals surface area contributed by atoms with E-state index in [-0.39, 0.29) is 11.3 Å². The molecule has 102 valence electrons. The largest absolute Gasteiger partial charge is 0.448 e. The molecule has 0 aromatic heterocycles. The minimum Gasteiger partial charge on any atom is -0.448 e. The molecule has 2 saturated carbocycles. The van der Waals surface area contributed by atoms with Gasteiger partial charge in [-0.3, -0.25) is 0 Å². The minimum absolute atomic E-state index is 0.0254. The van der Waals surface area contributed by atoms with Crippen LogP contribution in [-0.2, 0) is 4.74 Å². The van der Waals surface area contributed by atoms with E-state index in [4.69, 9.17) is 4.74 Å². The summed E-state index contributed by atoms with van der Waals surface area (Å²) in [5, 5.41) is 2.07. The summed E-state index contributed by atoms with van der Waals surface area (Å²) < 4.78 is 6.11. The van der Waals surface area contributed by atoms with Crippen molar-refractivity contribution in [3.63, 3.8) is 0 Å². The Balaban J connectivity index is 1.93. The summed E-state index contributed by atoms with van der Waals surface area (Å²) in [6.07, 6.45) is 6.50. The van der Waals surface area contributed by atoms with E-state index >= 15 is 0 Å². The van der Waals surface area contributed by atoms with Gasteiger partial charge in [-0.25, -0.2) is 0 Å². The number of fused-ring (bicyclic) bond motifs is 1. The second kappa shape index (κ2) is 3.61. The molecule has 0 bridgehead atoms. The molecule has 3 fully saturated rings. The quantitative estimate of drug-likeness (QED) is 0.455. The lowest BCUT2D eigenvalue weighted by molar-refractivity contribution is -0.681. The standard InChI is InChI=1S/C16H27NO/c1-11-7-6-9-15(4)10-8-12(13(11)15)16(17-5)14(2,3)18-16/h12-13H,1,5-10,17H2,2-4H3. The predicted molar refractivity (Wildman–Crippen MR) is 72.5 cm³/mol. The summed E-state index contributed by atoms with van der Waals surface area (Å²) in [4.78, 5) is 0. The summed E-state index contributed by atoms with van der Waals surface area (Å²) in [5.74, 6) is 1.24. The maximum absolute atomic E-state index is 6.11. The Kier molecular flexibility index (Phi) is 2.54. The Morgan fingerprint density at radius 3 is 2.56 bits per heavy atom. The van der Waals surface area contributed by atoms with E-state index in [1.54, 1.807) is 0 Å². The molecule has 4 unspecified atom stereocenters. The highest BCUT2D eigenvalue weighted by Crippen LogP contribution is 2.63. The Morgan fingerprint density at radius 2 is 2.00 bits per heavy atom. The van der Waals surface area contributed by atoms with E-state index in [2.05, 4.69) is 39.7 Å². The molecule has 0 aromatic rings. The molecule has 4 atom stereocenters. The van der Waals surface area contributed by atoms with Crippen LogP contribution in [0.2, 0.25) is 0 Å². The van der Waals surface area contributed by atoms with Gasteiger partial charge in [0.15, 0.2) is 0 Å². The van der Waals surface area contributed by atoms with Gasteiger partial charge in [0.2, 0.25) is 5.72 Å². The summed E-state index contributed by atoms with van der Waals surface area (Å²) >= 11 is 0. The molecule has 0 spiro atoms. The minimum atomic E-state index is -0.0876. The Bertz CT molecular complexity index is 389. The fourth-order valence-electron chi connectivity index (χ4n) is 5.05. The van der Waals surface area contributed by atoms with Gasteiger partial charge >= 0.3 is 0 Å².